The highest BCUT2D eigenvalue weighted by Gasteiger charge is 2.23. The molecule has 0 saturated heterocycles. The van der Waals surface area contributed by atoms with Crippen molar-refractivity contribution in [2.24, 2.45) is 28.9 Å². The van der Waals surface area contributed by atoms with E-state index in [0.29, 0.717) is 75.8 Å². The van der Waals surface area contributed by atoms with Crippen LogP contribution in [-0.4, -0.2) is 116 Å². The highest BCUT2D eigenvalue weighted by Crippen LogP contribution is 2.28. The van der Waals surface area contributed by atoms with Crippen LogP contribution in [0.3, 0.4) is 0 Å². The summed E-state index contributed by atoms with van der Waals surface area (Å²) in [5.74, 6) is 5.29. The largest absolute Gasteiger partial charge is 0.492 e. The average molecular weight is 721 g/mol. The second-order valence-corrected chi connectivity index (χ2v) is 15.6. The van der Waals surface area contributed by atoms with Crippen LogP contribution in [-0.2, 0) is 9.59 Å². The Balaban J connectivity index is 3.16. The lowest BCUT2D eigenvalue weighted by Gasteiger charge is -2.20. The summed E-state index contributed by atoms with van der Waals surface area (Å²) in [5.41, 5.74) is 23.3. The van der Waals surface area contributed by atoms with Gasteiger partial charge >= 0.3 is 0 Å². The molecular weight excluding hydrogens is 665 g/mol. The molecule has 2 amide bonds. The fraction of sp³-hybridized carbons (Fsp3) is 0.710. The zero-order chi connectivity index (χ0) is 34.0. The van der Waals surface area contributed by atoms with E-state index in [1.54, 1.807) is 66.2 Å². The van der Waals surface area contributed by atoms with E-state index in [1.165, 1.54) is 6.92 Å². The number of carbonyl (C=O) groups is 3. The van der Waals surface area contributed by atoms with E-state index in [-0.39, 0.29) is 34.5 Å². The standard InChI is InChI=1S/C31H56N6O5S4/c1-23(38)37-10-4-3-5-24(31(40)36-2)17-30(39)25-15-26(41-19-28(45-13-8-34)21-43-11-6-32)18-27(16-25)42-20-29(46-14-9-35)22-44-12-7-33/h15-16,18,24,28-29H,3-14,17,19-22,32-35H2,1-2H3,(H,36,40)(H,37,38). The van der Waals surface area contributed by atoms with Gasteiger partial charge in [0.2, 0.25) is 11.8 Å². The number of ether oxygens (including phenoxy) is 2. The summed E-state index contributed by atoms with van der Waals surface area (Å²) in [7, 11) is 1.58. The van der Waals surface area contributed by atoms with Crippen molar-refractivity contribution in [1.82, 2.24) is 10.6 Å². The first-order chi connectivity index (χ1) is 22.3. The molecule has 10 N–H and O–H groups in total. The molecule has 3 unspecified atom stereocenters. The maximum absolute atomic E-state index is 13.7. The van der Waals surface area contributed by atoms with E-state index >= 15 is 0 Å². The van der Waals surface area contributed by atoms with Crippen molar-refractivity contribution < 1.29 is 23.9 Å². The van der Waals surface area contributed by atoms with Crippen molar-refractivity contribution >= 4 is 64.6 Å². The van der Waals surface area contributed by atoms with E-state index in [4.69, 9.17) is 32.4 Å². The summed E-state index contributed by atoms with van der Waals surface area (Å²) in [6.45, 7) is 5.29. The van der Waals surface area contributed by atoms with Crippen molar-refractivity contribution in [1.29, 1.82) is 0 Å². The number of unbranched alkanes of at least 4 members (excludes halogenated alkanes) is 1. The zero-order valence-corrected chi connectivity index (χ0v) is 30.7. The van der Waals surface area contributed by atoms with Crippen molar-refractivity contribution in [2.45, 2.75) is 43.1 Å². The quantitative estimate of drug-likeness (QED) is 0.0521. The van der Waals surface area contributed by atoms with Crippen LogP contribution in [0.5, 0.6) is 11.5 Å². The molecule has 0 heterocycles. The fourth-order valence-corrected chi connectivity index (χ4v) is 8.28. The van der Waals surface area contributed by atoms with Crippen LogP contribution in [0.4, 0.5) is 0 Å². The third-order valence-corrected chi connectivity index (χ3v) is 11.8. The number of nitrogens with two attached hydrogens (primary N) is 4. The van der Waals surface area contributed by atoms with Gasteiger partial charge in [-0.3, -0.25) is 14.4 Å². The van der Waals surface area contributed by atoms with Crippen molar-refractivity contribution in [3.05, 3.63) is 23.8 Å². The van der Waals surface area contributed by atoms with Gasteiger partial charge < -0.3 is 43.0 Å². The molecule has 1 aromatic rings. The Morgan fingerprint density at radius 3 is 1.76 bits per heavy atom. The number of Topliss-reactive ketones (excluding diaryl/α,β-unsaturated/α-hetero) is 1. The SMILES string of the molecule is CNC(=O)C(CCCCNC(C)=O)CC(=O)c1cc(OCC(CSCCN)SCCN)cc(OCC(CSCCN)SCCN)c1. The number of ketones is 1. The molecule has 1 rings (SSSR count). The molecular formula is C31H56N6O5S4. The number of benzene rings is 1. The van der Waals surface area contributed by atoms with Crippen molar-refractivity contribution in [3.8, 4) is 11.5 Å². The van der Waals surface area contributed by atoms with Gasteiger partial charge in [-0.25, -0.2) is 0 Å². The van der Waals surface area contributed by atoms with Gasteiger partial charge in [-0.15, -0.1) is 0 Å². The lowest BCUT2D eigenvalue weighted by Crippen LogP contribution is -2.29. The lowest BCUT2D eigenvalue weighted by molar-refractivity contribution is -0.124. The fourth-order valence-electron chi connectivity index (χ4n) is 4.28. The minimum atomic E-state index is -0.489. The van der Waals surface area contributed by atoms with Gasteiger partial charge in [-0.1, -0.05) is 6.42 Å². The monoisotopic (exact) mass is 720 g/mol. The molecule has 11 nitrogen and oxygen atoms in total. The molecule has 0 aliphatic carbocycles. The minimum Gasteiger partial charge on any atom is -0.492 e. The van der Waals surface area contributed by atoms with Crippen molar-refractivity contribution in [3.63, 3.8) is 0 Å². The predicted octanol–water partition coefficient (Wildman–Crippen LogP) is 2.19. The van der Waals surface area contributed by atoms with E-state index in [2.05, 4.69) is 10.6 Å². The Morgan fingerprint density at radius 1 is 0.783 bits per heavy atom. The molecule has 0 aliphatic heterocycles. The first-order valence-electron chi connectivity index (χ1n) is 15.9. The third kappa shape index (κ3) is 20.1. The number of thioether (sulfide) groups is 4. The van der Waals surface area contributed by atoms with Crippen LogP contribution in [0.15, 0.2) is 18.2 Å². The van der Waals surface area contributed by atoms with Crippen LogP contribution < -0.4 is 43.0 Å². The van der Waals surface area contributed by atoms with Crippen LogP contribution >= 0.6 is 47.0 Å². The van der Waals surface area contributed by atoms with Crippen LogP contribution in [0.2, 0.25) is 0 Å². The number of carbonyl (C=O) groups excluding carboxylic acids is 3. The predicted molar refractivity (Wildman–Crippen MR) is 200 cm³/mol. The maximum atomic E-state index is 13.7. The van der Waals surface area contributed by atoms with Gasteiger partial charge in [0.15, 0.2) is 5.78 Å². The van der Waals surface area contributed by atoms with Crippen LogP contribution in [0, 0.1) is 5.92 Å². The molecule has 15 heteroatoms. The molecule has 3 atom stereocenters. The van der Waals surface area contributed by atoms with E-state index in [0.717, 1.165) is 40.9 Å². The Bertz CT molecular complexity index is 952. The Labute approximate surface area is 292 Å². The van der Waals surface area contributed by atoms with Crippen molar-refractivity contribution in [2.75, 3.05) is 87.5 Å². The molecule has 46 heavy (non-hydrogen) atoms. The Hall–Kier alpha value is -1.33. The molecule has 0 saturated carbocycles. The van der Waals surface area contributed by atoms with Gasteiger partial charge in [0.05, 0.1) is 0 Å². The van der Waals surface area contributed by atoms with E-state index in [9.17, 15) is 14.4 Å². The summed E-state index contributed by atoms with van der Waals surface area (Å²) in [6, 6.07) is 5.30. The molecule has 0 spiro atoms. The van der Waals surface area contributed by atoms with Gasteiger partial charge in [0.25, 0.3) is 0 Å². The maximum Gasteiger partial charge on any atom is 0.223 e. The Kier molecular flexibility index (Phi) is 25.6. The van der Waals surface area contributed by atoms with Gasteiger partial charge in [0, 0.05) is 116 Å². The smallest absolute Gasteiger partial charge is 0.223 e. The minimum absolute atomic E-state index is 0.0537. The molecule has 0 radical (unpaired) electrons. The number of rotatable bonds is 29. The summed E-state index contributed by atoms with van der Waals surface area (Å²) >= 11 is 7.09. The number of hydrogen-bond acceptors (Lipinski definition) is 13. The molecule has 0 fully saturated rings. The lowest BCUT2D eigenvalue weighted by atomic mass is 9.92. The van der Waals surface area contributed by atoms with E-state index in [1.807, 2.05) is 6.07 Å². The highest BCUT2D eigenvalue weighted by atomic mass is 32.2. The number of amides is 2. The summed E-state index contributed by atoms with van der Waals surface area (Å²) in [5, 5.41) is 5.87. The van der Waals surface area contributed by atoms with Gasteiger partial charge in [-0.2, -0.15) is 47.0 Å². The third-order valence-electron chi connectivity index (χ3n) is 6.55. The van der Waals surface area contributed by atoms with Gasteiger partial charge in [-0.05, 0) is 25.0 Å². The second-order valence-electron chi connectivity index (χ2n) is 10.5. The first-order valence-corrected chi connectivity index (χ1v) is 20.3. The summed E-state index contributed by atoms with van der Waals surface area (Å²) < 4.78 is 12.5. The summed E-state index contributed by atoms with van der Waals surface area (Å²) in [4.78, 5) is 37.5. The summed E-state index contributed by atoms with van der Waals surface area (Å²) in [6.07, 6.45) is 2.02. The molecule has 0 bridgehead atoms. The van der Waals surface area contributed by atoms with E-state index < -0.39 is 5.92 Å². The average Bonchev–Trinajstić information content (AvgIpc) is 3.05. The molecule has 1 aromatic carbocycles. The Morgan fingerprint density at radius 2 is 1.30 bits per heavy atom. The second kappa shape index (κ2) is 27.6. The first kappa shape index (κ1) is 42.7. The molecule has 0 aromatic heterocycles. The molecule has 0 aliphatic rings. The highest BCUT2D eigenvalue weighted by molar-refractivity contribution is 8.03. The molecule has 264 valence electrons. The normalized spacial score (nSPS) is 13.1. The van der Waals surface area contributed by atoms with Crippen LogP contribution in [0.1, 0.15) is 43.0 Å². The zero-order valence-electron chi connectivity index (χ0n) is 27.5. The van der Waals surface area contributed by atoms with Gasteiger partial charge in [0.1, 0.15) is 24.7 Å². The number of hydrogen-bond donors (Lipinski definition) is 6. The topological polar surface area (TPSA) is 198 Å². The number of nitrogens with one attached hydrogen (secondary N) is 2. The van der Waals surface area contributed by atoms with Crippen LogP contribution in [0.25, 0.3) is 0 Å².